The number of amides is 1. The van der Waals surface area contributed by atoms with Crippen LogP contribution in [0.2, 0.25) is 0 Å². The highest BCUT2D eigenvalue weighted by atomic mass is 32.2. The van der Waals surface area contributed by atoms with Gasteiger partial charge in [0.25, 0.3) is 5.91 Å². The van der Waals surface area contributed by atoms with Crippen LogP contribution in [-0.4, -0.2) is 38.3 Å². The van der Waals surface area contributed by atoms with Crippen LogP contribution in [0.3, 0.4) is 0 Å². The van der Waals surface area contributed by atoms with Crippen LogP contribution in [0.4, 0.5) is 0 Å². The lowest BCUT2D eigenvalue weighted by molar-refractivity contribution is 0.0953. The highest BCUT2D eigenvalue weighted by Gasteiger charge is 2.27. The van der Waals surface area contributed by atoms with Gasteiger partial charge in [-0.05, 0) is 62.4 Å². The fourth-order valence-corrected chi connectivity index (χ4v) is 4.84. The van der Waals surface area contributed by atoms with Crippen molar-refractivity contribution in [3.05, 3.63) is 65.2 Å². The lowest BCUT2D eigenvalue weighted by Crippen LogP contribution is -2.28. The van der Waals surface area contributed by atoms with E-state index in [-0.39, 0.29) is 10.8 Å². The summed E-state index contributed by atoms with van der Waals surface area (Å²) in [5.41, 5.74) is 2.98. The van der Waals surface area contributed by atoms with Gasteiger partial charge in [-0.15, -0.1) is 0 Å². The molecular formula is C21H26N2O3S. The monoisotopic (exact) mass is 386 g/mol. The van der Waals surface area contributed by atoms with Gasteiger partial charge in [-0.2, -0.15) is 4.31 Å². The number of carbonyl (C=O) groups excluding carboxylic acids is 1. The van der Waals surface area contributed by atoms with Gasteiger partial charge in [-0.25, -0.2) is 8.42 Å². The van der Waals surface area contributed by atoms with E-state index in [2.05, 4.69) is 30.4 Å². The molecule has 0 radical (unpaired) electrons. The average Bonchev–Trinajstić information content (AvgIpc) is 3.21. The maximum atomic E-state index is 12.5. The van der Waals surface area contributed by atoms with Crippen LogP contribution in [0.1, 0.15) is 40.7 Å². The molecule has 1 aliphatic heterocycles. The van der Waals surface area contributed by atoms with Crippen molar-refractivity contribution in [2.75, 3.05) is 19.6 Å². The van der Waals surface area contributed by atoms with E-state index in [4.69, 9.17) is 0 Å². The Morgan fingerprint density at radius 2 is 1.78 bits per heavy atom. The SMILES string of the molecule is Cc1cccc(CCCNC(=O)c2ccc(S(=O)(=O)N3CCCC3)cc2)c1. The summed E-state index contributed by atoms with van der Waals surface area (Å²) in [6, 6.07) is 14.6. The first-order valence-electron chi connectivity index (χ1n) is 9.41. The highest BCUT2D eigenvalue weighted by molar-refractivity contribution is 7.89. The van der Waals surface area contributed by atoms with Gasteiger partial charge in [0.15, 0.2) is 0 Å². The molecule has 1 fully saturated rings. The number of rotatable bonds is 7. The van der Waals surface area contributed by atoms with Crippen LogP contribution in [0.15, 0.2) is 53.4 Å². The molecule has 0 saturated carbocycles. The molecule has 0 unspecified atom stereocenters. The molecule has 5 nitrogen and oxygen atoms in total. The zero-order chi connectivity index (χ0) is 19.3. The van der Waals surface area contributed by atoms with Gasteiger partial charge in [0.05, 0.1) is 4.90 Å². The van der Waals surface area contributed by atoms with Crippen LogP contribution in [-0.2, 0) is 16.4 Å². The Morgan fingerprint density at radius 1 is 1.07 bits per heavy atom. The molecule has 0 aromatic heterocycles. The Labute approximate surface area is 161 Å². The fourth-order valence-electron chi connectivity index (χ4n) is 3.32. The normalized spacial score (nSPS) is 15.0. The number of aryl methyl sites for hydroxylation is 2. The number of carbonyl (C=O) groups is 1. The number of benzene rings is 2. The standard InChI is InChI=1S/C21H26N2O3S/c1-17-6-4-7-18(16-17)8-5-13-22-21(24)19-9-11-20(12-10-19)27(25,26)23-14-2-3-15-23/h4,6-7,9-12,16H,2-3,5,8,13-15H2,1H3,(H,22,24). The van der Waals surface area contributed by atoms with Crippen LogP contribution in [0.5, 0.6) is 0 Å². The van der Waals surface area contributed by atoms with Gasteiger partial charge in [0, 0.05) is 25.2 Å². The molecule has 6 heteroatoms. The lowest BCUT2D eigenvalue weighted by atomic mass is 10.1. The molecule has 0 spiro atoms. The van der Waals surface area contributed by atoms with E-state index >= 15 is 0 Å². The van der Waals surface area contributed by atoms with E-state index in [1.807, 2.05) is 6.07 Å². The molecule has 0 atom stereocenters. The van der Waals surface area contributed by atoms with Crippen molar-refractivity contribution in [1.82, 2.24) is 9.62 Å². The maximum absolute atomic E-state index is 12.5. The molecule has 1 aliphatic rings. The van der Waals surface area contributed by atoms with Crippen LogP contribution < -0.4 is 5.32 Å². The molecular weight excluding hydrogens is 360 g/mol. The fraction of sp³-hybridized carbons (Fsp3) is 0.381. The third-order valence-electron chi connectivity index (χ3n) is 4.83. The predicted molar refractivity (Wildman–Crippen MR) is 106 cm³/mol. The molecule has 27 heavy (non-hydrogen) atoms. The first kappa shape index (κ1) is 19.6. The minimum atomic E-state index is -3.43. The molecule has 2 aromatic rings. The topological polar surface area (TPSA) is 66.5 Å². The molecule has 0 aliphatic carbocycles. The van der Waals surface area contributed by atoms with Gasteiger partial charge < -0.3 is 5.32 Å². The first-order valence-corrected chi connectivity index (χ1v) is 10.8. The van der Waals surface area contributed by atoms with Crippen LogP contribution in [0, 0.1) is 6.92 Å². The number of hydrogen-bond donors (Lipinski definition) is 1. The number of hydrogen-bond acceptors (Lipinski definition) is 3. The van der Waals surface area contributed by atoms with Crippen LogP contribution >= 0.6 is 0 Å². The third-order valence-corrected chi connectivity index (χ3v) is 6.74. The second-order valence-electron chi connectivity index (χ2n) is 6.98. The highest BCUT2D eigenvalue weighted by Crippen LogP contribution is 2.21. The van der Waals surface area contributed by atoms with E-state index < -0.39 is 10.0 Å². The number of nitrogens with one attached hydrogen (secondary N) is 1. The van der Waals surface area contributed by atoms with Gasteiger partial charge >= 0.3 is 0 Å². The molecule has 144 valence electrons. The zero-order valence-electron chi connectivity index (χ0n) is 15.6. The molecule has 1 amide bonds. The molecule has 0 bridgehead atoms. The predicted octanol–water partition coefficient (Wildman–Crippen LogP) is 3.14. The van der Waals surface area contributed by atoms with Crippen molar-refractivity contribution in [2.45, 2.75) is 37.5 Å². The van der Waals surface area contributed by atoms with Crippen molar-refractivity contribution < 1.29 is 13.2 Å². The van der Waals surface area contributed by atoms with E-state index in [0.717, 1.165) is 25.7 Å². The summed E-state index contributed by atoms with van der Waals surface area (Å²) in [6.45, 7) is 3.80. The van der Waals surface area contributed by atoms with Crippen LogP contribution in [0.25, 0.3) is 0 Å². The third kappa shape index (κ3) is 4.96. The summed E-state index contributed by atoms with van der Waals surface area (Å²) < 4.78 is 26.5. The smallest absolute Gasteiger partial charge is 0.251 e. The molecule has 2 aromatic carbocycles. The summed E-state index contributed by atoms with van der Waals surface area (Å²) in [4.78, 5) is 12.5. The summed E-state index contributed by atoms with van der Waals surface area (Å²) in [6.07, 6.45) is 3.58. The Kier molecular flexibility index (Phi) is 6.29. The quantitative estimate of drug-likeness (QED) is 0.744. The van der Waals surface area contributed by atoms with Crippen molar-refractivity contribution in [1.29, 1.82) is 0 Å². The Hall–Kier alpha value is -2.18. The Morgan fingerprint density at radius 3 is 2.44 bits per heavy atom. The maximum Gasteiger partial charge on any atom is 0.251 e. The summed E-state index contributed by atoms with van der Waals surface area (Å²) >= 11 is 0. The molecule has 1 saturated heterocycles. The minimum Gasteiger partial charge on any atom is -0.352 e. The second kappa shape index (κ2) is 8.67. The largest absolute Gasteiger partial charge is 0.352 e. The minimum absolute atomic E-state index is 0.177. The molecule has 1 N–H and O–H groups in total. The van der Waals surface area contributed by atoms with E-state index in [9.17, 15) is 13.2 Å². The van der Waals surface area contributed by atoms with Crippen molar-refractivity contribution in [2.24, 2.45) is 0 Å². The first-order chi connectivity index (χ1) is 13.0. The van der Waals surface area contributed by atoms with Gasteiger partial charge in [-0.3, -0.25) is 4.79 Å². The summed E-state index contributed by atoms with van der Waals surface area (Å²) in [5, 5.41) is 2.90. The molecule has 3 rings (SSSR count). The van der Waals surface area contributed by atoms with Crippen molar-refractivity contribution in [3.8, 4) is 0 Å². The van der Waals surface area contributed by atoms with Crippen molar-refractivity contribution in [3.63, 3.8) is 0 Å². The lowest BCUT2D eigenvalue weighted by Gasteiger charge is -2.15. The molecule has 1 heterocycles. The van der Waals surface area contributed by atoms with Gasteiger partial charge in [-0.1, -0.05) is 29.8 Å². The zero-order valence-corrected chi connectivity index (χ0v) is 16.5. The Balaban J connectivity index is 1.51. The van der Waals surface area contributed by atoms with E-state index in [0.29, 0.717) is 25.2 Å². The average molecular weight is 387 g/mol. The van der Waals surface area contributed by atoms with Gasteiger partial charge in [0.2, 0.25) is 10.0 Å². The van der Waals surface area contributed by atoms with Gasteiger partial charge in [0.1, 0.15) is 0 Å². The summed E-state index contributed by atoms with van der Waals surface area (Å²) in [7, 11) is -3.43. The number of sulfonamides is 1. The second-order valence-corrected chi connectivity index (χ2v) is 8.92. The van der Waals surface area contributed by atoms with Crippen molar-refractivity contribution >= 4 is 15.9 Å². The van der Waals surface area contributed by atoms with E-state index in [1.54, 1.807) is 12.1 Å². The summed E-state index contributed by atoms with van der Waals surface area (Å²) in [5.74, 6) is -0.177. The number of nitrogens with zero attached hydrogens (tertiary/aromatic N) is 1. The Bertz CT molecular complexity index is 886. The van der Waals surface area contributed by atoms with E-state index in [1.165, 1.54) is 27.6 Å².